The lowest BCUT2D eigenvalue weighted by Crippen LogP contribution is -2.51. The average molecular weight is 422 g/mol. The monoisotopic (exact) mass is 421 g/mol. The minimum absolute atomic E-state index is 0.00355. The summed E-state index contributed by atoms with van der Waals surface area (Å²) >= 11 is 0. The second-order valence-electron chi connectivity index (χ2n) is 9.80. The predicted octanol–water partition coefficient (Wildman–Crippen LogP) is 4.97. The zero-order chi connectivity index (χ0) is 22.4. The van der Waals surface area contributed by atoms with E-state index in [-0.39, 0.29) is 29.3 Å². The summed E-state index contributed by atoms with van der Waals surface area (Å²) in [5.41, 5.74) is 8.80. The summed E-state index contributed by atoms with van der Waals surface area (Å²) in [5.74, 6) is 0.00120. The number of nitrogens with two attached hydrogens (primary N) is 1. The molecule has 2 amide bonds. The fourth-order valence-corrected chi connectivity index (χ4v) is 4.24. The first-order valence-corrected chi connectivity index (χ1v) is 11.2. The van der Waals surface area contributed by atoms with Crippen LogP contribution in [0.2, 0.25) is 0 Å². The molecule has 5 nitrogen and oxygen atoms in total. The van der Waals surface area contributed by atoms with E-state index in [9.17, 15) is 9.59 Å². The van der Waals surface area contributed by atoms with Gasteiger partial charge >= 0.3 is 0 Å². The number of nitrogens with one attached hydrogen (secondary N) is 1. The van der Waals surface area contributed by atoms with Crippen molar-refractivity contribution in [2.45, 2.75) is 71.5 Å². The molecular formula is C26H35N3O2. The Morgan fingerprint density at radius 3 is 2.42 bits per heavy atom. The van der Waals surface area contributed by atoms with Crippen molar-refractivity contribution in [2.75, 3.05) is 5.32 Å². The first kappa shape index (κ1) is 23.0. The summed E-state index contributed by atoms with van der Waals surface area (Å²) in [6.07, 6.45) is 4.50. The van der Waals surface area contributed by atoms with E-state index in [2.05, 4.69) is 5.32 Å². The molecule has 0 bridgehead atoms. The van der Waals surface area contributed by atoms with Gasteiger partial charge in [0.1, 0.15) is 0 Å². The van der Waals surface area contributed by atoms with Crippen LogP contribution in [0.1, 0.15) is 68.8 Å². The molecule has 31 heavy (non-hydrogen) atoms. The minimum Gasteiger partial charge on any atom is -0.330 e. The summed E-state index contributed by atoms with van der Waals surface area (Å²) in [6, 6.07) is 17.2. The van der Waals surface area contributed by atoms with Crippen LogP contribution in [0.15, 0.2) is 54.6 Å². The van der Waals surface area contributed by atoms with Crippen LogP contribution < -0.4 is 11.1 Å². The van der Waals surface area contributed by atoms with Crippen molar-refractivity contribution in [3.05, 3.63) is 65.7 Å². The lowest BCUT2D eigenvalue weighted by atomic mass is 9.89. The maximum absolute atomic E-state index is 13.4. The highest BCUT2D eigenvalue weighted by Crippen LogP contribution is 2.26. The molecule has 2 aromatic rings. The van der Waals surface area contributed by atoms with Crippen LogP contribution in [0.4, 0.5) is 5.69 Å². The number of benzene rings is 2. The minimum atomic E-state index is -0.0717. The van der Waals surface area contributed by atoms with Gasteiger partial charge in [-0.2, -0.15) is 0 Å². The van der Waals surface area contributed by atoms with Gasteiger partial charge in [-0.05, 0) is 48.1 Å². The summed E-state index contributed by atoms with van der Waals surface area (Å²) in [6.45, 7) is 6.60. The van der Waals surface area contributed by atoms with Crippen molar-refractivity contribution in [1.82, 2.24) is 4.90 Å². The van der Waals surface area contributed by atoms with E-state index in [4.69, 9.17) is 5.73 Å². The highest BCUT2D eigenvalue weighted by Gasteiger charge is 2.31. The fourth-order valence-electron chi connectivity index (χ4n) is 4.24. The molecule has 3 rings (SSSR count). The average Bonchev–Trinajstić information content (AvgIpc) is 2.72. The van der Waals surface area contributed by atoms with Crippen LogP contribution in [-0.4, -0.2) is 28.8 Å². The van der Waals surface area contributed by atoms with Gasteiger partial charge < -0.3 is 16.0 Å². The highest BCUT2D eigenvalue weighted by atomic mass is 16.2. The van der Waals surface area contributed by atoms with E-state index >= 15 is 0 Å². The third-order valence-corrected chi connectivity index (χ3v) is 5.72. The Morgan fingerprint density at radius 1 is 1.03 bits per heavy atom. The Morgan fingerprint density at radius 2 is 1.74 bits per heavy atom. The molecule has 0 aromatic heterocycles. The second kappa shape index (κ2) is 10.1. The number of hydrogen-bond donors (Lipinski definition) is 2. The van der Waals surface area contributed by atoms with Crippen molar-refractivity contribution in [3.8, 4) is 0 Å². The van der Waals surface area contributed by atoms with Crippen LogP contribution in [0.25, 0.3) is 0 Å². The standard InChI is InChI=1S/C26H35N3O2/c1-26(2,3)17-24(30)28-21-13-9-10-19(16-21)18-29(23-15-8-7-14-22(23)27)25(31)20-11-5-4-6-12-20/h4-6,9-13,16,22-23H,7-8,14-15,17-18,27H2,1-3H3,(H,28,30). The molecule has 2 aromatic carbocycles. The van der Waals surface area contributed by atoms with Crippen molar-refractivity contribution in [1.29, 1.82) is 0 Å². The smallest absolute Gasteiger partial charge is 0.254 e. The molecule has 0 heterocycles. The summed E-state index contributed by atoms with van der Waals surface area (Å²) in [4.78, 5) is 27.7. The maximum Gasteiger partial charge on any atom is 0.254 e. The number of hydrogen-bond acceptors (Lipinski definition) is 3. The molecule has 0 saturated heterocycles. The summed E-state index contributed by atoms with van der Waals surface area (Å²) in [5, 5.41) is 2.99. The molecule has 0 spiro atoms. The van der Waals surface area contributed by atoms with Crippen LogP contribution >= 0.6 is 0 Å². The van der Waals surface area contributed by atoms with E-state index < -0.39 is 0 Å². The fraction of sp³-hybridized carbons (Fsp3) is 0.462. The summed E-state index contributed by atoms with van der Waals surface area (Å²) in [7, 11) is 0. The SMILES string of the molecule is CC(C)(C)CC(=O)Nc1cccc(CN(C(=O)c2ccccc2)C2CCCCC2N)c1. The Hall–Kier alpha value is -2.66. The van der Waals surface area contributed by atoms with Crippen LogP contribution in [0, 0.1) is 5.41 Å². The molecule has 1 aliphatic carbocycles. The molecule has 2 unspecified atom stereocenters. The van der Waals surface area contributed by atoms with Crippen molar-refractivity contribution in [3.63, 3.8) is 0 Å². The molecule has 1 saturated carbocycles. The van der Waals surface area contributed by atoms with Gasteiger partial charge in [0.2, 0.25) is 5.91 Å². The predicted molar refractivity (Wildman–Crippen MR) is 126 cm³/mol. The molecule has 166 valence electrons. The molecule has 0 radical (unpaired) electrons. The zero-order valence-electron chi connectivity index (χ0n) is 18.9. The number of carbonyl (C=O) groups excluding carboxylic acids is 2. The lowest BCUT2D eigenvalue weighted by molar-refractivity contribution is -0.117. The normalized spacial score (nSPS) is 19.0. The highest BCUT2D eigenvalue weighted by molar-refractivity contribution is 5.94. The quantitative estimate of drug-likeness (QED) is 0.691. The molecule has 1 fully saturated rings. The lowest BCUT2D eigenvalue weighted by Gasteiger charge is -2.38. The van der Waals surface area contributed by atoms with Gasteiger partial charge in [-0.1, -0.05) is 63.9 Å². The Balaban J connectivity index is 1.81. The van der Waals surface area contributed by atoms with E-state index in [1.165, 1.54) is 0 Å². The molecule has 2 atom stereocenters. The first-order valence-electron chi connectivity index (χ1n) is 11.2. The molecule has 3 N–H and O–H groups in total. The van der Waals surface area contributed by atoms with E-state index in [1.807, 2.05) is 80.3 Å². The van der Waals surface area contributed by atoms with E-state index in [0.29, 0.717) is 18.5 Å². The van der Waals surface area contributed by atoms with Crippen LogP contribution in [0.3, 0.4) is 0 Å². The van der Waals surface area contributed by atoms with Gasteiger partial charge in [-0.25, -0.2) is 0 Å². The number of amides is 2. The van der Waals surface area contributed by atoms with E-state index in [1.54, 1.807) is 0 Å². The van der Waals surface area contributed by atoms with E-state index in [0.717, 1.165) is 36.9 Å². The topological polar surface area (TPSA) is 75.4 Å². The molecular weight excluding hydrogens is 386 g/mol. The Labute approximate surface area is 186 Å². The van der Waals surface area contributed by atoms with Gasteiger partial charge in [0.05, 0.1) is 0 Å². The number of anilines is 1. The maximum atomic E-state index is 13.4. The Bertz CT molecular complexity index is 889. The number of rotatable bonds is 6. The zero-order valence-corrected chi connectivity index (χ0v) is 18.9. The third kappa shape index (κ3) is 6.66. The van der Waals surface area contributed by atoms with Crippen LogP contribution in [0.5, 0.6) is 0 Å². The third-order valence-electron chi connectivity index (χ3n) is 5.72. The van der Waals surface area contributed by atoms with Crippen molar-refractivity contribution >= 4 is 17.5 Å². The largest absolute Gasteiger partial charge is 0.330 e. The van der Waals surface area contributed by atoms with Gasteiger partial charge in [-0.15, -0.1) is 0 Å². The molecule has 0 aliphatic heterocycles. The van der Waals surface area contributed by atoms with Gasteiger partial charge in [-0.3, -0.25) is 9.59 Å². The Kier molecular flexibility index (Phi) is 7.50. The molecule has 1 aliphatic rings. The van der Waals surface area contributed by atoms with Crippen molar-refractivity contribution < 1.29 is 9.59 Å². The van der Waals surface area contributed by atoms with Gasteiger partial charge in [0.15, 0.2) is 0 Å². The van der Waals surface area contributed by atoms with Crippen LogP contribution in [-0.2, 0) is 11.3 Å². The number of carbonyl (C=O) groups is 2. The van der Waals surface area contributed by atoms with Gasteiger partial charge in [0, 0.05) is 36.3 Å². The number of nitrogens with zero attached hydrogens (tertiary/aromatic N) is 1. The first-order chi connectivity index (χ1) is 14.7. The van der Waals surface area contributed by atoms with Crippen molar-refractivity contribution in [2.24, 2.45) is 11.1 Å². The second-order valence-corrected chi connectivity index (χ2v) is 9.80. The summed E-state index contributed by atoms with van der Waals surface area (Å²) < 4.78 is 0. The van der Waals surface area contributed by atoms with Gasteiger partial charge in [0.25, 0.3) is 5.91 Å². The molecule has 5 heteroatoms.